The summed E-state index contributed by atoms with van der Waals surface area (Å²) in [5.41, 5.74) is 9.12. The largest absolute Gasteiger partial charge is 0.508 e. The highest BCUT2D eigenvalue weighted by atomic mass is 79.9. The standard InChI is InChI=1S/C40H39BrN4O4/c41-34-21-25(20-29-24-45(40(49)38(29)34)35-14-15-36(47)42-39(35)48)23-43-16-18-44(19-17-43)30-9-6-27(7-10-30)37-32(26-4-2-1-3-5-26)12-8-28-22-31(46)11-13-33(28)37/h1-7,9-11,13,20-22,32,35,37,46H,8,12,14-19,23-24H2,(H,42,47,48)/t32-,35?,37+/m1/s1. The lowest BCUT2D eigenvalue weighted by molar-refractivity contribution is -0.136. The number of piperazine rings is 1. The summed E-state index contributed by atoms with van der Waals surface area (Å²) in [6.07, 6.45) is 2.61. The molecule has 2 saturated heterocycles. The number of imide groups is 1. The number of benzene rings is 4. The monoisotopic (exact) mass is 718 g/mol. The van der Waals surface area contributed by atoms with Crippen molar-refractivity contribution in [3.63, 3.8) is 0 Å². The Kier molecular flexibility index (Phi) is 8.49. The number of rotatable bonds is 6. The molecule has 0 spiro atoms. The lowest BCUT2D eigenvalue weighted by Gasteiger charge is -2.37. The molecule has 8 rings (SSSR count). The molecule has 0 saturated carbocycles. The Morgan fingerprint density at radius 3 is 2.33 bits per heavy atom. The summed E-state index contributed by atoms with van der Waals surface area (Å²) in [7, 11) is 0. The van der Waals surface area contributed by atoms with E-state index in [0.717, 1.165) is 61.2 Å². The van der Waals surface area contributed by atoms with E-state index in [4.69, 9.17) is 0 Å². The van der Waals surface area contributed by atoms with Crippen molar-refractivity contribution in [1.29, 1.82) is 0 Å². The molecule has 49 heavy (non-hydrogen) atoms. The first-order chi connectivity index (χ1) is 23.8. The smallest absolute Gasteiger partial charge is 0.256 e. The summed E-state index contributed by atoms with van der Waals surface area (Å²) in [4.78, 5) is 43.9. The molecule has 250 valence electrons. The zero-order chi connectivity index (χ0) is 33.6. The second kappa shape index (κ2) is 13.1. The van der Waals surface area contributed by atoms with Crippen molar-refractivity contribution in [2.24, 2.45) is 0 Å². The molecule has 8 nitrogen and oxygen atoms in total. The van der Waals surface area contributed by atoms with Crippen molar-refractivity contribution >= 4 is 39.3 Å². The number of piperidine rings is 1. The minimum absolute atomic E-state index is 0.162. The number of carbonyl (C=O) groups is 3. The number of halogens is 1. The number of anilines is 1. The number of aromatic hydroxyl groups is 1. The number of fused-ring (bicyclic) bond motifs is 2. The third kappa shape index (κ3) is 6.15. The van der Waals surface area contributed by atoms with Crippen molar-refractivity contribution < 1.29 is 19.5 Å². The molecule has 0 radical (unpaired) electrons. The van der Waals surface area contributed by atoms with Crippen LogP contribution in [0.4, 0.5) is 5.69 Å². The van der Waals surface area contributed by atoms with Gasteiger partial charge in [-0.1, -0.05) is 54.6 Å². The molecule has 4 aromatic rings. The Morgan fingerprint density at radius 2 is 1.57 bits per heavy atom. The Balaban J connectivity index is 0.932. The number of carbonyl (C=O) groups excluding carboxylic acids is 3. The molecular weight excluding hydrogens is 680 g/mol. The predicted molar refractivity (Wildman–Crippen MR) is 192 cm³/mol. The van der Waals surface area contributed by atoms with E-state index in [1.54, 1.807) is 4.90 Å². The zero-order valence-electron chi connectivity index (χ0n) is 27.3. The van der Waals surface area contributed by atoms with Gasteiger partial charge in [-0.05, 0) is 105 Å². The average molecular weight is 720 g/mol. The third-order valence-corrected chi connectivity index (χ3v) is 11.5. The first-order valence-electron chi connectivity index (χ1n) is 17.2. The fourth-order valence-electron chi connectivity index (χ4n) is 8.40. The van der Waals surface area contributed by atoms with Gasteiger partial charge in [-0.3, -0.25) is 24.6 Å². The van der Waals surface area contributed by atoms with Crippen molar-refractivity contribution in [2.75, 3.05) is 31.1 Å². The Bertz CT molecular complexity index is 1920. The van der Waals surface area contributed by atoms with E-state index in [1.807, 2.05) is 18.2 Å². The third-order valence-electron chi connectivity index (χ3n) is 10.8. The van der Waals surface area contributed by atoms with Gasteiger partial charge in [-0.2, -0.15) is 0 Å². The fraction of sp³-hybridized carbons (Fsp3) is 0.325. The van der Waals surface area contributed by atoms with Gasteiger partial charge in [-0.15, -0.1) is 0 Å². The second-order valence-corrected chi connectivity index (χ2v) is 14.6. The number of phenols is 1. The van der Waals surface area contributed by atoms with E-state index < -0.39 is 11.9 Å². The van der Waals surface area contributed by atoms with Gasteiger partial charge in [0.2, 0.25) is 11.8 Å². The summed E-state index contributed by atoms with van der Waals surface area (Å²) in [5.74, 6) is 0.112. The van der Waals surface area contributed by atoms with Crippen molar-refractivity contribution in [1.82, 2.24) is 15.1 Å². The molecule has 3 aliphatic heterocycles. The molecule has 2 N–H and O–H groups in total. The Labute approximate surface area is 294 Å². The van der Waals surface area contributed by atoms with Gasteiger partial charge < -0.3 is 14.9 Å². The van der Waals surface area contributed by atoms with Gasteiger partial charge >= 0.3 is 0 Å². The minimum atomic E-state index is -0.617. The van der Waals surface area contributed by atoms with E-state index in [1.165, 1.54) is 27.9 Å². The highest BCUT2D eigenvalue weighted by Crippen LogP contribution is 2.47. The van der Waals surface area contributed by atoms with Gasteiger partial charge in [0.15, 0.2) is 0 Å². The van der Waals surface area contributed by atoms with E-state index in [9.17, 15) is 19.5 Å². The maximum atomic E-state index is 13.3. The van der Waals surface area contributed by atoms with E-state index in [0.29, 0.717) is 30.2 Å². The summed E-state index contributed by atoms with van der Waals surface area (Å²) < 4.78 is 0.755. The molecule has 1 aliphatic carbocycles. The molecule has 1 unspecified atom stereocenters. The quantitative estimate of drug-likeness (QED) is 0.234. The van der Waals surface area contributed by atoms with Crippen molar-refractivity contribution in [3.05, 3.63) is 128 Å². The molecule has 0 bridgehead atoms. The van der Waals surface area contributed by atoms with Gasteiger partial charge in [0.25, 0.3) is 5.91 Å². The van der Waals surface area contributed by atoms with Crippen LogP contribution >= 0.6 is 15.9 Å². The van der Waals surface area contributed by atoms with Crippen molar-refractivity contribution in [3.8, 4) is 5.75 Å². The van der Waals surface area contributed by atoms with Gasteiger partial charge in [-0.25, -0.2) is 0 Å². The molecule has 3 heterocycles. The van der Waals surface area contributed by atoms with Crippen LogP contribution in [0, 0.1) is 0 Å². The molecule has 9 heteroatoms. The van der Waals surface area contributed by atoms with E-state index >= 15 is 0 Å². The highest BCUT2D eigenvalue weighted by molar-refractivity contribution is 9.10. The molecule has 4 aromatic carbocycles. The molecule has 4 aliphatic rings. The van der Waals surface area contributed by atoms with Crippen LogP contribution in [0.3, 0.4) is 0 Å². The number of aryl methyl sites for hydroxylation is 1. The van der Waals surface area contributed by atoms with Gasteiger partial charge in [0.05, 0.1) is 5.56 Å². The van der Waals surface area contributed by atoms with Gasteiger partial charge in [0, 0.05) is 61.8 Å². The molecular formula is C40H39BrN4O4. The summed E-state index contributed by atoms with van der Waals surface area (Å²) >= 11 is 3.64. The number of amides is 3. The lowest BCUT2D eigenvalue weighted by atomic mass is 9.69. The molecule has 3 amide bonds. The van der Waals surface area contributed by atoms with Crippen LogP contribution in [0.2, 0.25) is 0 Å². The molecule has 2 fully saturated rings. The van der Waals surface area contributed by atoms with Crippen LogP contribution in [0.1, 0.15) is 74.8 Å². The minimum Gasteiger partial charge on any atom is -0.508 e. The summed E-state index contributed by atoms with van der Waals surface area (Å²) in [5, 5.41) is 12.6. The van der Waals surface area contributed by atoms with Crippen LogP contribution in [0.25, 0.3) is 0 Å². The summed E-state index contributed by atoms with van der Waals surface area (Å²) in [6.45, 7) is 4.85. The zero-order valence-corrected chi connectivity index (χ0v) is 28.9. The number of nitrogens with one attached hydrogen (secondary N) is 1. The topological polar surface area (TPSA) is 93.2 Å². The maximum Gasteiger partial charge on any atom is 0.256 e. The average Bonchev–Trinajstić information content (AvgIpc) is 3.44. The number of hydrogen-bond donors (Lipinski definition) is 2. The predicted octanol–water partition coefficient (Wildman–Crippen LogP) is 6.10. The molecule has 3 atom stereocenters. The van der Waals surface area contributed by atoms with Crippen LogP contribution in [0.15, 0.2) is 89.4 Å². The summed E-state index contributed by atoms with van der Waals surface area (Å²) in [6, 6.07) is 29.3. The normalized spacial score (nSPS) is 22.6. The first kappa shape index (κ1) is 31.8. The maximum absolute atomic E-state index is 13.3. The van der Waals surface area contributed by atoms with Crippen molar-refractivity contribution in [2.45, 2.75) is 56.7 Å². The first-order valence-corrected chi connectivity index (χ1v) is 18.0. The van der Waals surface area contributed by atoms with Crippen LogP contribution in [-0.2, 0) is 29.1 Å². The van der Waals surface area contributed by atoms with E-state index in [2.05, 4.69) is 97.8 Å². The number of hydrogen-bond acceptors (Lipinski definition) is 6. The van der Waals surface area contributed by atoms with Crippen LogP contribution in [0.5, 0.6) is 5.75 Å². The lowest BCUT2D eigenvalue weighted by Crippen LogP contribution is -2.52. The number of nitrogens with zero attached hydrogens (tertiary/aromatic N) is 3. The second-order valence-electron chi connectivity index (χ2n) is 13.8. The Hall–Kier alpha value is -4.47. The molecule has 0 aromatic heterocycles. The fourth-order valence-corrected chi connectivity index (χ4v) is 9.12. The van der Waals surface area contributed by atoms with E-state index in [-0.39, 0.29) is 24.2 Å². The highest BCUT2D eigenvalue weighted by Gasteiger charge is 2.40. The van der Waals surface area contributed by atoms with Crippen LogP contribution < -0.4 is 10.2 Å². The van der Waals surface area contributed by atoms with Crippen LogP contribution in [-0.4, -0.2) is 64.8 Å². The van der Waals surface area contributed by atoms with Gasteiger partial charge in [0.1, 0.15) is 11.8 Å². The number of phenolic OH excluding ortho intramolecular Hbond substituents is 1. The Morgan fingerprint density at radius 1 is 0.796 bits per heavy atom. The SMILES string of the molecule is O=C1CCC(N2Cc3cc(CN4CCN(c5ccc([C@@H]6c7ccc(O)cc7CC[C@@H]6c6ccccc6)cc5)CC4)cc(Br)c3C2=O)C(=O)N1.